The number of aryl methyl sites for hydroxylation is 1. The second kappa shape index (κ2) is 6.76. The molecule has 0 N–H and O–H groups in total. The molecule has 25 heavy (non-hydrogen) atoms. The number of amidine groups is 1. The Hall–Kier alpha value is -2.53. The molecule has 4 rings (SSSR count). The lowest BCUT2D eigenvalue weighted by Gasteiger charge is -2.22. The molecule has 0 bridgehead atoms. The zero-order valence-electron chi connectivity index (χ0n) is 14.3. The Kier molecular flexibility index (Phi) is 4.32. The zero-order chi connectivity index (χ0) is 17.2. The van der Waals surface area contributed by atoms with E-state index in [4.69, 9.17) is 14.8 Å². The van der Waals surface area contributed by atoms with Crippen LogP contribution >= 0.6 is 11.8 Å². The summed E-state index contributed by atoms with van der Waals surface area (Å²) in [5.41, 5.74) is 5.79. The number of thioether (sulfide) groups is 1. The van der Waals surface area contributed by atoms with Gasteiger partial charge in [-0.3, -0.25) is 4.99 Å². The van der Waals surface area contributed by atoms with Crippen LogP contribution < -0.4 is 4.74 Å². The van der Waals surface area contributed by atoms with Crippen molar-refractivity contribution < 1.29 is 4.74 Å². The van der Waals surface area contributed by atoms with E-state index in [1.54, 1.807) is 18.9 Å². The quantitative estimate of drug-likeness (QED) is 0.825. The average molecular weight is 349 g/mol. The molecule has 0 atom stereocenters. The fourth-order valence-corrected chi connectivity index (χ4v) is 3.66. The van der Waals surface area contributed by atoms with E-state index in [0.717, 1.165) is 34.3 Å². The van der Waals surface area contributed by atoms with Crippen molar-refractivity contribution in [3.05, 3.63) is 70.6 Å². The van der Waals surface area contributed by atoms with E-state index in [2.05, 4.69) is 48.7 Å². The molecule has 5 heteroatoms. The maximum Gasteiger partial charge on any atom is 0.189 e. The van der Waals surface area contributed by atoms with E-state index < -0.39 is 0 Å². The minimum absolute atomic E-state index is 0.653. The molecule has 4 nitrogen and oxygen atoms in total. The van der Waals surface area contributed by atoms with Crippen molar-refractivity contribution in [2.24, 2.45) is 10.1 Å². The normalized spacial score (nSPS) is 16.1. The Morgan fingerprint density at radius 1 is 1.08 bits per heavy atom. The van der Waals surface area contributed by atoms with Gasteiger partial charge >= 0.3 is 0 Å². The van der Waals surface area contributed by atoms with E-state index in [0.29, 0.717) is 6.54 Å². The summed E-state index contributed by atoms with van der Waals surface area (Å²) < 4.78 is 5.22. The first-order chi connectivity index (χ1) is 12.2. The fourth-order valence-electron chi connectivity index (χ4n) is 2.83. The molecule has 2 aromatic carbocycles. The van der Waals surface area contributed by atoms with Crippen molar-refractivity contribution in [2.45, 2.75) is 13.3 Å². The average Bonchev–Trinajstić information content (AvgIpc) is 3.06. The first-order valence-electron chi connectivity index (χ1n) is 8.20. The fraction of sp³-hybridized carbons (Fsp3) is 0.200. The molecule has 0 spiro atoms. The van der Waals surface area contributed by atoms with Crippen LogP contribution in [-0.2, 0) is 6.42 Å². The highest BCUT2D eigenvalue weighted by Crippen LogP contribution is 2.35. The Morgan fingerprint density at radius 3 is 2.56 bits per heavy atom. The second-order valence-corrected chi connectivity index (χ2v) is 6.93. The predicted molar refractivity (Wildman–Crippen MR) is 105 cm³/mol. The van der Waals surface area contributed by atoms with Crippen molar-refractivity contribution in [3.8, 4) is 5.75 Å². The SMILES string of the molecule is COc1ccc(CC2=NN3C(c4ccc(C)cc4)=CSC3=NC2)cc1. The van der Waals surface area contributed by atoms with Gasteiger partial charge in [0.25, 0.3) is 0 Å². The van der Waals surface area contributed by atoms with E-state index in [-0.39, 0.29) is 0 Å². The van der Waals surface area contributed by atoms with E-state index in [1.807, 2.05) is 17.1 Å². The summed E-state index contributed by atoms with van der Waals surface area (Å²) in [4.78, 5) is 4.69. The molecule has 2 heterocycles. The molecule has 0 unspecified atom stereocenters. The number of methoxy groups -OCH3 is 1. The van der Waals surface area contributed by atoms with Crippen molar-refractivity contribution in [2.75, 3.05) is 13.7 Å². The molecule has 126 valence electrons. The van der Waals surface area contributed by atoms with Gasteiger partial charge in [0.2, 0.25) is 0 Å². The summed E-state index contributed by atoms with van der Waals surface area (Å²) in [5.74, 6) is 0.871. The van der Waals surface area contributed by atoms with Gasteiger partial charge in [-0.2, -0.15) is 5.10 Å². The van der Waals surface area contributed by atoms with Crippen LogP contribution in [0.2, 0.25) is 0 Å². The monoisotopic (exact) mass is 349 g/mol. The number of hydrazone groups is 1. The third-order valence-corrected chi connectivity index (χ3v) is 5.09. The van der Waals surface area contributed by atoms with E-state index >= 15 is 0 Å². The summed E-state index contributed by atoms with van der Waals surface area (Å²) in [6, 6.07) is 16.7. The van der Waals surface area contributed by atoms with Crippen molar-refractivity contribution in [3.63, 3.8) is 0 Å². The molecule has 0 amide bonds. The van der Waals surface area contributed by atoms with Gasteiger partial charge < -0.3 is 4.74 Å². The van der Waals surface area contributed by atoms with Crippen LogP contribution in [0.4, 0.5) is 0 Å². The summed E-state index contributed by atoms with van der Waals surface area (Å²) in [6.07, 6.45) is 0.795. The zero-order valence-corrected chi connectivity index (χ0v) is 15.1. The predicted octanol–water partition coefficient (Wildman–Crippen LogP) is 4.32. The van der Waals surface area contributed by atoms with Gasteiger partial charge in [-0.15, -0.1) is 0 Å². The van der Waals surface area contributed by atoms with Crippen LogP contribution in [0, 0.1) is 6.92 Å². The number of aliphatic imine (C=N–C) groups is 1. The molecule has 2 aliphatic heterocycles. The van der Waals surface area contributed by atoms with Gasteiger partial charge in [-0.1, -0.05) is 53.7 Å². The lowest BCUT2D eigenvalue weighted by molar-refractivity contribution is 0.414. The Bertz CT molecular complexity index is 867. The number of hydrogen-bond donors (Lipinski definition) is 0. The molecular formula is C20H19N3OS. The summed E-state index contributed by atoms with van der Waals surface area (Å²) in [7, 11) is 1.68. The lowest BCUT2D eigenvalue weighted by atomic mass is 10.1. The van der Waals surface area contributed by atoms with Gasteiger partial charge in [-0.05, 0) is 24.6 Å². The molecule has 2 aliphatic rings. The Morgan fingerprint density at radius 2 is 1.84 bits per heavy atom. The number of benzene rings is 2. The lowest BCUT2D eigenvalue weighted by Crippen LogP contribution is -2.27. The van der Waals surface area contributed by atoms with Crippen LogP contribution in [0.25, 0.3) is 5.70 Å². The van der Waals surface area contributed by atoms with Crippen molar-refractivity contribution in [1.82, 2.24) is 5.01 Å². The minimum Gasteiger partial charge on any atom is -0.497 e. The number of hydrogen-bond acceptors (Lipinski definition) is 5. The molecule has 0 aromatic heterocycles. The second-order valence-electron chi connectivity index (χ2n) is 6.09. The number of ether oxygens (including phenoxy) is 1. The third kappa shape index (κ3) is 3.33. The first-order valence-corrected chi connectivity index (χ1v) is 9.08. The van der Waals surface area contributed by atoms with Gasteiger partial charge in [0.15, 0.2) is 5.17 Å². The molecule has 0 saturated heterocycles. The van der Waals surface area contributed by atoms with Crippen LogP contribution in [-0.4, -0.2) is 29.5 Å². The minimum atomic E-state index is 0.653. The molecule has 0 fully saturated rings. The van der Waals surface area contributed by atoms with E-state index in [1.165, 1.54) is 11.1 Å². The van der Waals surface area contributed by atoms with Crippen LogP contribution in [0.1, 0.15) is 16.7 Å². The molecule has 0 saturated carbocycles. The maximum atomic E-state index is 5.22. The third-order valence-electron chi connectivity index (χ3n) is 4.24. The summed E-state index contributed by atoms with van der Waals surface area (Å²) >= 11 is 1.64. The van der Waals surface area contributed by atoms with Crippen LogP contribution in [0.5, 0.6) is 5.75 Å². The van der Waals surface area contributed by atoms with Crippen molar-refractivity contribution in [1.29, 1.82) is 0 Å². The van der Waals surface area contributed by atoms with E-state index in [9.17, 15) is 0 Å². The number of nitrogens with zero attached hydrogens (tertiary/aromatic N) is 3. The molecular weight excluding hydrogens is 330 g/mol. The van der Waals surface area contributed by atoms with Gasteiger partial charge in [0, 0.05) is 17.4 Å². The van der Waals surface area contributed by atoms with Gasteiger partial charge in [0.1, 0.15) is 5.75 Å². The van der Waals surface area contributed by atoms with Gasteiger partial charge in [-0.25, -0.2) is 5.01 Å². The summed E-state index contributed by atoms with van der Waals surface area (Å²) in [6.45, 7) is 2.75. The van der Waals surface area contributed by atoms with Crippen LogP contribution in [0.3, 0.4) is 0 Å². The maximum absolute atomic E-state index is 5.22. The number of rotatable bonds is 4. The molecule has 0 radical (unpaired) electrons. The van der Waals surface area contributed by atoms with Crippen LogP contribution in [0.15, 0.2) is 64.0 Å². The summed E-state index contributed by atoms with van der Waals surface area (Å²) in [5, 5.41) is 9.91. The smallest absolute Gasteiger partial charge is 0.189 e. The molecule has 2 aromatic rings. The Labute approximate surface area is 151 Å². The largest absolute Gasteiger partial charge is 0.497 e. The van der Waals surface area contributed by atoms with Gasteiger partial charge in [0.05, 0.1) is 25.1 Å². The topological polar surface area (TPSA) is 37.2 Å². The molecule has 0 aliphatic carbocycles. The highest BCUT2D eigenvalue weighted by Gasteiger charge is 2.27. The van der Waals surface area contributed by atoms with Crippen molar-refractivity contribution >= 4 is 28.3 Å². The highest BCUT2D eigenvalue weighted by molar-refractivity contribution is 8.16. The highest BCUT2D eigenvalue weighted by atomic mass is 32.2. The number of fused-ring (bicyclic) bond motifs is 1. The first kappa shape index (κ1) is 16.0. The standard InChI is InChI=1S/C20H19N3OS/c1-14-3-7-16(8-4-14)19-13-25-20-21-12-17(22-23(19)20)11-15-5-9-18(24-2)10-6-15/h3-10,13H,11-12H2,1-2H3. The Balaban J connectivity index is 1.55.